The van der Waals surface area contributed by atoms with E-state index < -0.39 is 5.54 Å². The number of hydrogen-bond donors (Lipinski definition) is 1. The second-order valence-corrected chi connectivity index (χ2v) is 4.43. The molecule has 0 radical (unpaired) electrons. The highest BCUT2D eigenvalue weighted by Gasteiger charge is 2.40. The molecule has 0 heterocycles. The van der Waals surface area contributed by atoms with Crippen LogP contribution in [0.25, 0.3) is 0 Å². The molecule has 0 spiro atoms. The lowest BCUT2D eigenvalue weighted by Gasteiger charge is -2.32. The van der Waals surface area contributed by atoms with Crippen molar-refractivity contribution >= 4 is 5.97 Å². The van der Waals surface area contributed by atoms with Crippen LogP contribution in [-0.4, -0.2) is 33.3 Å². The summed E-state index contributed by atoms with van der Waals surface area (Å²) in [6, 6.07) is 9.66. The van der Waals surface area contributed by atoms with Gasteiger partial charge < -0.3 is 9.47 Å². The summed E-state index contributed by atoms with van der Waals surface area (Å²) in [5.41, 5.74) is 0.0783. The van der Waals surface area contributed by atoms with Gasteiger partial charge in [-0.2, -0.15) is 0 Å². The third-order valence-electron chi connectivity index (χ3n) is 3.16. The number of benzene rings is 1. The average Bonchev–Trinajstić information content (AvgIpc) is 2.48. The molecular weight excluding hydrogens is 242 g/mol. The molecule has 106 valence electrons. The fourth-order valence-electron chi connectivity index (χ4n) is 2.12. The van der Waals surface area contributed by atoms with Crippen molar-refractivity contribution in [2.75, 3.05) is 27.4 Å². The van der Waals surface area contributed by atoms with Crippen LogP contribution in [0.2, 0.25) is 0 Å². The molecule has 1 rings (SSSR count). The molecule has 1 atom stereocenters. The Morgan fingerprint density at radius 2 is 1.95 bits per heavy atom. The van der Waals surface area contributed by atoms with Crippen LogP contribution >= 0.6 is 0 Å². The van der Waals surface area contributed by atoms with E-state index in [-0.39, 0.29) is 5.97 Å². The zero-order valence-electron chi connectivity index (χ0n) is 11.9. The summed E-state index contributed by atoms with van der Waals surface area (Å²) in [7, 11) is 3.05. The highest BCUT2D eigenvalue weighted by molar-refractivity contribution is 5.82. The first kappa shape index (κ1) is 15.7. The second kappa shape index (κ2) is 7.92. The lowest BCUT2D eigenvalue weighted by atomic mass is 9.86. The fraction of sp³-hybridized carbons (Fsp3) is 0.533. The summed E-state index contributed by atoms with van der Waals surface area (Å²) in [6.45, 7) is 3.30. The largest absolute Gasteiger partial charge is 0.467 e. The van der Waals surface area contributed by atoms with E-state index in [9.17, 15) is 4.79 Å². The predicted octanol–water partition coefficient (Wildman–Crippen LogP) is 2.09. The Balaban J connectivity index is 3.13. The summed E-state index contributed by atoms with van der Waals surface area (Å²) in [4.78, 5) is 12.3. The van der Waals surface area contributed by atoms with E-state index in [4.69, 9.17) is 9.47 Å². The molecule has 0 aromatic heterocycles. The van der Waals surface area contributed by atoms with Gasteiger partial charge in [0.25, 0.3) is 0 Å². The van der Waals surface area contributed by atoms with Gasteiger partial charge in [0.1, 0.15) is 5.54 Å². The van der Waals surface area contributed by atoms with Gasteiger partial charge in [-0.05, 0) is 18.5 Å². The maximum atomic E-state index is 12.3. The quantitative estimate of drug-likeness (QED) is 0.731. The van der Waals surface area contributed by atoms with Gasteiger partial charge in [0.15, 0.2) is 0 Å². The van der Waals surface area contributed by atoms with Gasteiger partial charge in [0.05, 0.1) is 7.11 Å². The van der Waals surface area contributed by atoms with E-state index in [2.05, 4.69) is 12.2 Å². The third kappa shape index (κ3) is 3.78. The first-order valence-electron chi connectivity index (χ1n) is 6.59. The number of esters is 1. The van der Waals surface area contributed by atoms with Crippen molar-refractivity contribution in [1.82, 2.24) is 5.32 Å². The lowest BCUT2D eigenvalue weighted by molar-refractivity contribution is -0.150. The summed E-state index contributed by atoms with van der Waals surface area (Å²) >= 11 is 0. The summed E-state index contributed by atoms with van der Waals surface area (Å²) < 4.78 is 10.2. The molecule has 1 N–H and O–H groups in total. The number of nitrogens with one attached hydrogen (secondary N) is 1. The van der Waals surface area contributed by atoms with E-state index in [0.717, 1.165) is 18.5 Å². The van der Waals surface area contributed by atoms with E-state index in [1.807, 2.05) is 30.3 Å². The van der Waals surface area contributed by atoms with Gasteiger partial charge in [-0.25, -0.2) is 4.79 Å². The molecule has 0 aliphatic carbocycles. The minimum atomic E-state index is -0.831. The van der Waals surface area contributed by atoms with E-state index in [0.29, 0.717) is 13.0 Å². The topological polar surface area (TPSA) is 47.6 Å². The molecule has 1 unspecified atom stereocenters. The van der Waals surface area contributed by atoms with Crippen molar-refractivity contribution in [3.63, 3.8) is 0 Å². The number of ether oxygens (including phenoxy) is 2. The molecule has 1 aromatic carbocycles. The Labute approximate surface area is 115 Å². The number of hydrogen-bond acceptors (Lipinski definition) is 4. The maximum Gasteiger partial charge on any atom is 0.330 e. The molecule has 1 aromatic rings. The summed E-state index contributed by atoms with van der Waals surface area (Å²) in [6.07, 6.45) is 1.48. The van der Waals surface area contributed by atoms with Crippen LogP contribution in [0.15, 0.2) is 30.3 Å². The van der Waals surface area contributed by atoms with Crippen molar-refractivity contribution in [3.8, 4) is 0 Å². The van der Waals surface area contributed by atoms with Crippen LogP contribution < -0.4 is 5.32 Å². The van der Waals surface area contributed by atoms with Crippen LogP contribution in [-0.2, 0) is 19.8 Å². The molecule has 19 heavy (non-hydrogen) atoms. The smallest absolute Gasteiger partial charge is 0.330 e. The van der Waals surface area contributed by atoms with Crippen LogP contribution in [0.4, 0.5) is 0 Å². The minimum absolute atomic E-state index is 0.274. The standard InChI is InChI=1S/C15H23NO3/c1-4-11-16-15(10-12-18-2,14(17)19-3)13-8-6-5-7-9-13/h5-9,16H,4,10-12H2,1-3H3. The summed E-state index contributed by atoms with van der Waals surface area (Å²) in [5.74, 6) is -0.274. The monoisotopic (exact) mass is 265 g/mol. The van der Waals surface area contributed by atoms with Gasteiger partial charge in [0, 0.05) is 20.1 Å². The third-order valence-corrected chi connectivity index (χ3v) is 3.16. The summed E-state index contributed by atoms with van der Waals surface area (Å²) in [5, 5.41) is 3.33. The zero-order chi connectivity index (χ0) is 14.1. The van der Waals surface area contributed by atoms with Crippen LogP contribution in [0.1, 0.15) is 25.3 Å². The zero-order valence-corrected chi connectivity index (χ0v) is 11.9. The molecule has 4 nitrogen and oxygen atoms in total. The van der Waals surface area contributed by atoms with E-state index in [1.54, 1.807) is 7.11 Å². The number of carbonyl (C=O) groups is 1. The predicted molar refractivity (Wildman–Crippen MR) is 74.9 cm³/mol. The van der Waals surface area contributed by atoms with Gasteiger partial charge in [-0.15, -0.1) is 0 Å². The Hall–Kier alpha value is -1.39. The van der Waals surface area contributed by atoms with Crippen molar-refractivity contribution in [1.29, 1.82) is 0 Å². The fourth-order valence-corrected chi connectivity index (χ4v) is 2.12. The van der Waals surface area contributed by atoms with Gasteiger partial charge in [0.2, 0.25) is 0 Å². The Morgan fingerprint density at radius 1 is 1.26 bits per heavy atom. The molecule has 0 fully saturated rings. The minimum Gasteiger partial charge on any atom is -0.467 e. The molecule has 4 heteroatoms. The first-order chi connectivity index (χ1) is 9.21. The van der Waals surface area contributed by atoms with Crippen molar-refractivity contribution < 1.29 is 14.3 Å². The highest BCUT2D eigenvalue weighted by atomic mass is 16.5. The maximum absolute atomic E-state index is 12.3. The van der Waals surface area contributed by atoms with Crippen molar-refractivity contribution in [2.45, 2.75) is 25.3 Å². The molecule has 0 bridgehead atoms. The SMILES string of the molecule is CCCNC(CCOC)(C(=O)OC)c1ccccc1. The van der Waals surface area contributed by atoms with E-state index >= 15 is 0 Å². The Kier molecular flexibility index (Phi) is 6.53. The molecule has 0 amide bonds. The molecule has 0 saturated heterocycles. The molecule has 0 aliphatic rings. The van der Waals surface area contributed by atoms with Crippen molar-refractivity contribution in [2.24, 2.45) is 0 Å². The van der Waals surface area contributed by atoms with Gasteiger partial charge in [-0.3, -0.25) is 5.32 Å². The lowest BCUT2D eigenvalue weighted by Crippen LogP contribution is -2.51. The normalized spacial score (nSPS) is 13.8. The van der Waals surface area contributed by atoms with Crippen LogP contribution in [0.5, 0.6) is 0 Å². The average molecular weight is 265 g/mol. The molecule has 0 saturated carbocycles. The highest BCUT2D eigenvalue weighted by Crippen LogP contribution is 2.27. The number of rotatable bonds is 8. The number of carbonyl (C=O) groups excluding carboxylic acids is 1. The number of methoxy groups -OCH3 is 2. The molecular formula is C15H23NO3. The van der Waals surface area contributed by atoms with Crippen LogP contribution in [0, 0.1) is 0 Å². The molecule has 0 aliphatic heterocycles. The van der Waals surface area contributed by atoms with Crippen molar-refractivity contribution in [3.05, 3.63) is 35.9 Å². The van der Waals surface area contributed by atoms with Gasteiger partial charge in [-0.1, -0.05) is 37.3 Å². The van der Waals surface area contributed by atoms with E-state index in [1.165, 1.54) is 7.11 Å². The second-order valence-electron chi connectivity index (χ2n) is 4.43. The Bertz CT molecular complexity index is 370. The van der Waals surface area contributed by atoms with Gasteiger partial charge >= 0.3 is 5.97 Å². The van der Waals surface area contributed by atoms with Crippen LogP contribution in [0.3, 0.4) is 0 Å². The Morgan fingerprint density at radius 3 is 2.47 bits per heavy atom. The first-order valence-corrected chi connectivity index (χ1v) is 6.59.